The van der Waals surface area contributed by atoms with Gasteiger partial charge in [-0.15, -0.1) is 0 Å². The smallest absolute Gasteiger partial charge is 0.329 e. The van der Waals surface area contributed by atoms with E-state index in [2.05, 4.69) is 112 Å². The van der Waals surface area contributed by atoms with Crippen LogP contribution in [0.25, 0.3) is 44.1 Å². The second-order valence-electron chi connectivity index (χ2n) is 31.6. The molecule has 4 aromatic carbocycles. The number of hydrogen-bond acceptors (Lipinski definition) is 8. The number of benzene rings is 4. The molecule has 12 nitrogen and oxygen atoms in total. The highest BCUT2D eigenvalue weighted by atomic mass is 35.5. The van der Waals surface area contributed by atoms with Crippen molar-refractivity contribution in [2.45, 2.75) is 192 Å². The summed E-state index contributed by atoms with van der Waals surface area (Å²) in [6, 6.07) is 42.0. The number of aromatic nitrogens is 8. The highest BCUT2D eigenvalue weighted by Gasteiger charge is 2.39. The van der Waals surface area contributed by atoms with Crippen LogP contribution in [-0.2, 0) is 83.7 Å². The lowest BCUT2D eigenvalue weighted by Crippen LogP contribution is -2.39. The molecule has 8 aromatic heterocycles. The van der Waals surface area contributed by atoms with Crippen LogP contribution in [0.3, 0.4) is 0 Å². The monoisotopic (exact) mass is 1560 g/mol. The summed E-state index contributed by atoms with van der Waals surface area (Å²) in [4.78, 5) is 29.6. The SMILES string of the molecule is Cc1cnc2c(c1)c1c(n2CCc2ccc(C(F)(F)F)cc2)CCN2CCCCC12.Clc1ccc(CCn2c3c(c4cc(Cl)cnc42)C2CCCCN2CC3)cc1.Clc1cnc2c(c1)c1c(n2CCc2ccccc2)CCN2CCCCC12.Fc1ccc(CCn2c3c(c4cc(Cl)cnc42)C2CCCCN2CC3)cc1. The Morgan fingerprint density at radius 2 is 0.664 bits per heavy atom. The molecule has 16 heterocycles. The Labute approximate surface area is 662 Å². The van der Waals surface area contributed by atoms with Crippen LogP contribution >= 0.6 is 46.4 Å². The second-order valence-corrected chi connectivity index (χ2v) is 33.4. The third-order valence-corrected chi connectivity index (χ3v) is 25.9. The van der Waals surface area contributed by atoms with Gasteiger partial charge in [0.15, 0.2) is 0 Å². The Balaban J connectivity index is 0.000000107. The average Bonchev–Trinajstić information content (AvgIpc) is 1.61. The van der Waals surface area contributed by atoms with E-state index in [0.29, 0.717) is 35.6 Å². The van der Waals surface area contributed by atoms with Gasteiger partial charge in [0.25, 0.3) is 0 Å². The molecular weight excluding hydrogens is 1470 g/mol. The van der Waals surface area contributed by atoms with E-state index in [1.54, 1.807) is 30.7 Å². The van der Waals surface area contributed by atoms with Gasteiger partial charge in [-0.1, -0.05) is 139 Å². The number of fused-ring (bicyclic) bond motifs is 20. The van der Waals surface area contributed by atoms with E-state index in [9.17, 15) is 17.6 Å². The number of pyridine rings is 4. The van der Waals surface area contributed by atoms with Crippen LogP contribution in [0, 0.1) is 12.7 Å². The summed E-state index contributed by atoms with van der Waals surface area (Å²) < 4.78 is 61.4. The molecule has 0 spiro atoms. The van der Waals surface area contributed by atoms with E-state index < -0.39 is 11.7 Å². The number of aryl methyl sites for hydroxylation is 9. The molecule has 0 bridgehead atoms. The fourth-order valence-electron chi connectivity index (χ4n) is 19.9. The molecule has 4 fully saturated rings. The number of piperidine rings is 4. The van der Waals surface area contributed by atoms with Crippen molar-refractivity contribution in [3.8, 4) is 0 Å². The lowest BCUT2D eigenvalue weighted by atomic mass is 9.89. The summed E-state index contributed by atoms with van der Waals surface area (Å²) in [5.41, 5.74) is 21.2. The minimum absolute atomic E-state index is 0.184. The van der Waals surface area contributed by atoms with Gasteiger partial charge >= 0.3 is 6.18 Å². The van der Waals surface area contributed by atoms with Crippen molar-refractivity contribution < 1.29 is 17.6 Å². The first-order valence-electron chi connectivity index (χ1n) is 40.3. The molecule has 20 heteroatoms. The van der Waals surface area contributed by atoms with Crippen LogP contribution in [0.4, 0.5) is 17.6 Å². The van der Waals surface area contributed by atoms with Gasteiger partial charge in [-0.25, -0.2) is 24.3 Å². The summed E-state index contributed by atoms with van der Waals surface area (Å²) >= 11 is 25.0. The Hall–Kier alpha value is -7.64. The molecule has 110 heavy (non-hydrogen) atoms. The van der Waals surface area contributed by atoms with Crippen LogP contribution in [0.2, 0.25) is 20.1 Å². The van der Waals surface area contributed by atoms with Gasteiger partial charge in [-0.2, -0.15) is 13.2 Å². The van der Waals surface area contributed by atoms with Gasteiger partial charge in [0.1, 0.15) is 28.4 Å². The van der Waals surface area contributed by atoms with Crippen LogP contribution in [-0.4, -0.2) is 110 Å². The Morgan fingerprint density at radius 3 is 1.01 bits per heavy atom. The number of nitrogens with zero attached hydrogens (tertiary/aromatic N) is 12. The molecular formula is C90H96Cl4F4N12. The van der Waals surface area contributed by atoms with Gasteiger partial charge in [0.05, 0.1) is 20.6 Å². The van der Waals surface area contributed by atoms with Crippen LogP contribution in [0.5, 0.6) is 0 Å². The minimum atomic E-state index is -4.29. The first-order valence-corrected chi connectivity index (χ1v) is 41.8. The maximum Gasteiger partial charge on any atom is 0.416 e. The average molecular weight is 1560 g/mol. The van der Waals surface area contributed by atoms with Gasteiger partial charge in [0.2, 0.25) is 0 Å². The molecule has 20 rings (SSSR count). The quantitative estimate of drug-likeness (QED) is 0.112. The third kappa shape index (κ3) is 15.6. The molecule has 572 valence electrons. The summed E-state index contributed by atoms with van der Waals surface area (Å²) in [6.07, 6.45) is 26.2. The summed E-state index contributed by atoms with van der Waals surface area (Å²) in [7, 11) is 0. The molecule has 0 N–H and O–H groups in total. The van der Waals surface area contributed by atoms with Crippen molar-refractivity contribution in [3.63, 3.8) is 0 Å². The zero-order valence-corrected chi connectivity index (χ0v) is 65.8. The van der Waals surface area contributed by atoms with Gasteiger partial charge in [-0.05, 0) is 221 Å². The van der Waals surface area contributed by atoms with Crippen LogP contribution in [0.15, 0.2) is 152 Å². The Bertz CT molecular complexity index is 5100. The number of alkyl halides is 3. The fourth-order valence-corrected chi connectivity index (χ4v) is 20.5. The standard InChI is InChI=1S/C24H26F3N3.C22H23Cl2N3.C22H23ClFN3.C22H24ClN3/c1-16-14-19-22-20-4-2-3-11-29(20)12-10-21(22)30(23(19)28-15-16)13-9-17-5-7-18(8-6-17)24(25,26)27;23-16-6-4-15(5-7-16)8-12-27-20-9-11-26-10-2-1-3-19(26)21(20)18-13-17(24)14-25-22(18)27;23-16-13-18-21-19-3-1-2-10-26(19)11-9-20(21)27(22(18)25-14-16)12-8-15-4-6-17(24)7-5-15;23-17-14-18-21-19-8-4-5-11-25(19)12-10-20(21)26(22(18)24-15-17)13-9-16-6-2-1-3-7-16/h5-8,14-15,20H,2-4,9-13H2,1H3;2*4-7,13-14,19H,1-3,8-12H2;1-3,6-7,14-15,19H,4-5,8-13H2. The first-order chi connectivity index (χ1) is 53.6. The fraction of sp³-hybridized carbons (Fsp3) is 0.422. The van der Waals surface area contributed by atoms with E-state index in [4.69, 9.17) is 66.3 Å². The van der Waals surface area contributed by atoms with Gasteiger partial charge < -0.3 is 18.3 Å². The van der Waals surface area contributed by atoms with Crippen molar-refractivity contribution in [2.24, 2.45) is 0 Å². The zero-order valence-electron chi connectivity index (χ0n) is 62.8. The molecule has 0 amide bonds. The molecule has 0 aliphatic carbocycles. The van der Waals surface area contributed by atoms with Gasteiger partial charge in [-0.3, -0.25) is 19.6 Å². The molecule has 12 aromatic rings. The minimum Gasteiger partial charge on any atom is -0.329 e. The van der Waals surface area contributed by atoms with E-state index in [1.165, 1.54) is 212 Å². The van der Waals surface area contributed by atoms with E-state index in [1.807, 2.05) is 30.5 Å². The first kappa shape index (κ1) is 75.1. The highest BCUT2D eigenvalue weighted by molar-refractivity contribution is 6.32. The van der Waals surface area contributed by atoms with Crippen molar-refractivity contribution in [3.05, 3.63) is 256 Å². The van der Waals surface area contributed by atoms with Crippen LogP contribution < -0.4 is 0 Å². The lowest BCUT2D eigenvalue weighted by molar-refractivity contribution is -0.137. The molecule has 8 aliphatic heterocycles. The molecule has 4 atom stereocenters. The topological polar surface area (TPSA) is 84.2 Å². The second kappa shape index (κ2) is 32.8. The Morgan fingerprint density at radius 1 is 0.355 bits per heavy atom. The molecule has 0 saturated carbocycles. The largest absolute Gasteiger partial charge is 0.416 e. The zero-order chi connectivity index (χ0) is 75.2. The van der Waals surface area contributed by atoms with Crippen molar-refractivity contribution in [2.75, 3.05) is 52.4 Å². The maximum atomic E-state index is 13.2. The number of rotatable bonds is 12. The van der Waals surface area contributed by atoms with Crippen molar-refractivity contribution in [1.29, 1.82) is 0 Å². The van der Waals surface area contributed by atoms with E-state index >= 15 is 0 Å². The third-order valence-electron chi connectivity index (χ3n) is 25.0. The summed E-state index contributed by atoms with van der Waals surface area (Å²) in [6.45, 7) is 14.9. The van der Waals surface area contributed by atoms with E-state index in [0.717, 1.165) is 145 Å². The molecule has 4 saturated heterocycles. The predicted molar refractivity (Wildman–Crippen MR) is 437 cm³/mol. The van der Waals surface area contributed by atoms with Crippen molar-refractivity contribution in [1.82, 2.24) is 57.8 Å². The molecule has 0 radical (unpaired) electrons. The maximum absolute atomic E-state index is 13.2. The summed E-state index contributed by atoms with van der Waals surface area (Å²) in [5, 5.41) is 7.97. The van der Waals surface area contributed by atoms with Gasteiger partial charge in [0, 0.05) is 176 Å². The molecule has 8 aliphatic rings. The van der Waals surface area contributed by atoms with E-state index in [-0.39, 0.29) is 5.82 Å². The molecule has 4 unspecified atom stereocenters. The predicted octanol–water partition coefficient (Wildman–Crippen LogP) is 21.5. The normalized spacial score (nSPS) is 19.9. The van der Waals surface area contributed by atoms with Crippen molar-refractivity contribution >= 4 is 90.5 Å². The highest BCUT2D eigenvalue weighted by Crippen LogP contribution is 2.48. The van der Waals surface area contributed by atoms with Crippen LogP contribution in [0.1, 0.15) is 180 Å². The Kier molecular flexibility index (Phi) is 22.4. The number of hydrogen-bond donors (Lipinski definition) is 0. The number of halogens is 8. The summed E-state index contributed by atoms with van der Waals surface area (Å²) in [5.74, 6) is -0.184. The lowest BCUT2D eigenvalue weighted by Gasteiger charge is -2.40.